The van der Waals surface area contributed by atoms with Gasteiger partial charge in [-0.05, 0) is 38.0 Å². The Bertz CT molecular complexity index is 946. The quantitative estimate of drug-likeness (QED) is 0.619. The lowest BCUT2D eigenvalue weighted by Crippen LogP contribution is -2.55. The lowest BCUT2D eigenvalue weighted by Gasteiger charge is -2.42. The molecule has 7 nitrogen and oxygen atoms in total. The molecule has 2 aliphatic rings. The number of ether oxygens (including phenoxy) is 1. The Labute approximate surface area is 191 Å². The number of halogens is 1. The highest BCUT2D eigenvalue weighted by Gasteiger charge is 2.30. The molecular formula is C23H31BrN4O3. The number of aromatic amines is 1. The van der Waals surface area contributed by atoms with Crippen molar-refractivity contribution < 1.29 is 14.3 Å². The van der Waals surface area contributed by atoms with Gasteiger partial charge in [0.25, 0.3) is 0 Å². The highest BCUT2D eigenvalue weighted by molar-refractivity contribution is 9.10. The van der Waals surface area contributed by atoms with Crippen LogP contribution in [0.5, 0.6) is 0 Å². The third kappa shape index (κ3) is 4.81. The number of hydrogen-bond donors (Lipinski definition) is 2. The van der Waals surface area contributed by atoms with E-state index in [1.54, 1.807) is 0 Å². The van der Waals surface area contributed by atoms with Crippen LogP contribution < -0.4 is 5.32 Å². The second-order valence-corrected chi connectivity index (χ2v) is 9.50. The number of hydrogen-bond acceptors (Lipinski definition) is 5. The highest BCUT2D eigenvalue weighted by Crippen LogP contribution is 2.31. The molecule has 0 bridgehead atoms. The first-order valence-electron chi connectivity index (χ1n) is 11.2. The minimum Gasteiger partial charge on any atom is -0.464 e. The first-order chi connectivity index (χ1) is 15.0. The van der Waals surface area contributed by atoms with Crippen molar-refractivity contribution in [2.75, 3.05) is 38.6 Å². The van der Waals surface area contributed by atoms with E-state index < -0.39 is 5.97 Å². The van der Waals surface area contributed by atoms with Crippen molar-refractivity contribution in [1.29, 1.82) is 0 Å². The largest absolute Gasteiger partial charge is 0.464 e. The zero-order valence-corrected chi connectivity index (χ0v) is 19.8. The van der Waals surface area contributed by atoms with Crippen molar-refractivity contribution in [3.8, 4) is 0 Å². The van der Waals surface area contributed by atoms with E-state index in [1.807, 2.05) is 25.1 Å². The second kappa shape index (κ2) is 9.71. The molecule has 0 radical (unpaired) electrons. The van der Waals surface area contributed by atoms with Crippen molar-refractivity contribution in [3.05, 3.63) is 28.4 Å². The molecule has 2 fully saturated rings. The van der Waals surface area contributed by atoms with Crippen molar-refractivity contribution >= 4 is 44.4 Å². The van der Waals surface area contributed by atoms with Gasteiger partial charge >= 0.3 is 5.97 Å². The molecule has 1 aromatic heterocycles. The van der Waals surface area contributed by atoms with Crippen LogP contribution in [0.4, 0.5) is 5.69 Å². The molecule has 31 heavy (non-hydrogen) atoms. The zero-order valence-electron chi connectivity index (χ0n) is 18.2. The zero-order chi connectivity index (χ0) is 22.0. The molecule has 2 heterocycles. The number of anilines is 1. The van der Waals surface area contributed by atoms with Crippen LogP contribution in [0.2, 0.25) is 0 Å². The lowest BCUT2D eigenvalue weighted by atomic mass is 9.94. The average Bonchev–Trinajstić information content (AvgIpc) is 3.16. The van der Waals surface area contributed by atoms with Gasteiger partial charge in [-0.2, -0.15) is 0 Å². The minimum atomic E-state index is -0.503. The molecule has 1 aliphatic heterocycles. The number of rotatable bonds is 5. The van der Waals surface area contributed by atoms with Gasteiger partial charge in [0, 0.05) is 47.6 Å². The Morgan fingerprint density at radius 3 is 2.55 bits per heavy atom. The molecule has 1 saturated carbocycles. The Kier molecular flexibility index (Phi) is 6.99. The SMILES string of the molecule is COC(=O)c1[nH]c2ccc(Br)cc2c1NC(=O)[C@H](C)N1CCN(C2CCCCC2)CC1. The molecule has 1 aromatic carbocycles. The van der Waals surface area contributed by atoms with Crippen LogP contribution in [0.15, 0.2) is 22.7 Å². The Hall–Kier alpha value is -1.90. The summed E-state index contributed by atoms with van der Waals surface area (Å²) in [7, 11) is 1.34. The fourth-order valence-electron chi connectivity index (χ4n) is 4.88. The van der Waals surface area contributed by atoms with Gasteiger partial charge in [-0.15, -0.1) is 0 Å². The van der Waals surface area contributed by atoms with Crippen LogP contribution in [0.25, 0.3) is 10.9 Å². The number of carbonyl (C=O) groups is 2. The standard InChI is InChI=1S/C23H31BrN4O3/c1-15(27-10-12-28(13-11-27)17-6-4-3-5-7-17)22(29)26-20-18-14-16(24)8-9-19(18)25-21(20)23(30)31-2/h8-9,14-15,17,25H,3-7,10-13H2,1-2H3,(H,26,29)/t15-/m0/s1. The van der Waals surface area contributed by atoms with E-state index >= 15 is 0 Å². The number of H-pyrrole nitrogens is 1. The molecule has 8 heteroatoms. The Morgan fingerprint density at radius 2 is 1.87 bits per heavy atom. The van der Waals surface area contributed by atoms with Gasteiger partial charge in [0.05, 0.1) is 18.8 Å². The van der Waals surface area contributed by atoms with E-state index in [-0.39, 0.29) is 17.6 Å². The molecular weight excluding hydrogens is 460 g/mol. The summed E-state index contributed by atoms with van der Waals surface area (Å²) >= 11 is 3.47. The summed E-state index contributed by atoms with van der Waals surface area (Å²) in [5.74, 6) is -0.617. The Morgan fingerprint density at radius 1 is 1.16 bits per heavy atom. The second-order valence-electron chi connectivity index (χ2n) is 8.59. The third-order valence-corrected chi connectivity index (χ3v) is 7.26. The summed E-state index contributed by atoms with van der Waals surface area (Å²) in [5.41, 5.74) is 1.51. The maximum absolute atomic E-state index is 13.1. The number of nitrogens with zero attached hydrogens (tertiary/aromatic N) is 2. The number of methoxy groups -OCH3 is 1. The van der Waals surface area contributed by atoms with Crippen molar-refractivity contribution in [3.63, 3.8) is 0 Å². The number of esters is 1. The number of aromatic nitrogens is 1. The summed E-state index contributed by atoms with van der Waals surface area (Å²) in [6.07, 6.45) is 6.66. The summed E-state index contributed by atoms with van der Waals surface area (Å²) in [6, 6.07) is 6.08. The average molecular weight is 491 g/mol. The van der Waals surface area contributed by atoms with Crippen LogP contribution >= 0.6 is 15.9 Å². The monoisotopic (exact) mass is 490 g/mol. The van der Waals surface area contributed by atoms with Gasteiger partial charge in [-0.25, -0.2) is 4.79 Å². The smallest absolute Gasteiger partial charge is 0.356 e. The molecule has 1 amide bonds. The van der Waals surface area contributed by atoms with E-state index in [0.29, 0.717) is 11.7 Å². The topological polar surface area (TPSA) is 77.7 Å². The molecule has 1 aliphatic carbocycles. The number of fused-ring (bicyclic) bond motifs is 1. The number of carbonyl (C=O) groups excluding carboxylic acids is 2. The minimum absolute atomic E-state index is 0.114. The predicted octanol–water partition coefficient (Wildman–Crippen LogP) is 3.99. The number of amides is 1. The van der Waals surface area contributed by atoms with Crippen molar-refractivity contribution in [2.45, 2.75) is 51.1 Å². The van der Waals surface area contributed by atoms with Crippen LogP contribution in [0, 0.1) is 0 Å². The first-order valence-corrected chi connectivity index (χ1v) is 12.0. The summed E-state index contributed by atoms with van der Waals surface area (Å²) in [4.78, 5) is 33.4. The molecule has 1 atom stereocenters. The molecule has 2 N–H and O–H groups in total. The predicted molar refractivity (Wildman–Crippen MR) is 125 cm³/mol. The highest BCUT2D eigenvalue weighted by atomic mass is 79.9. The van der Waals surface area contributed by atoms with Gasteiger partial charge in [0.15, 0.2) is 0 Å². The van der Waals surface area contributed by atoms with E-state index in [1.165, 1.54) is 39.2 Å². The van der Waals surface area contributed by atoms with Crippen LogP contribution in [0.1, 0.15) is 49.5 Å². The van der Waals surface area contributed by atoms with Crippen LogP contribution in [0.3, 0.4) is 0 Å². The molecule has 0 unspecified atom stereocenters. The number of benzene rings is 1. The van der Waals surface area contributed by atoms with Crippen LogP contribution in [-0.4, -0.2) is 72.0 Å². The van der Waals surface area contributed by atoms with Gasteiger partial charge < -0.3 is 15.0 Å². The maximum atomic E-state index is 13.1. The summed E-state index contributed by atoms with van der Waals surface area (Å²) in [5, 5.41) is 3.78. The van der Waals surface area contributed by atoms with Crippen LogP contribution in [-0.2, 0) is 9.53 Å². The van der Waals surface area contributed by atoms with E-state index in [4.69, 9.17) is 4.74 Å². The third-order valence-electron chi connectivity index (χ3n) is 6.77. The van der Waals surface area contributed by atoms with Gasteiger partial charge in [0.1, 0.15) is 5.69 Å². The molecule has 1 saturated heterocycles. The number of piperazine rings is 1. The molecule has 2 aromatic rings. The van der Waals surface area contributed by atoms with Crippen molar-refractivity contribution in [1.82, 2.24) is 14.8 Å². The molecule has 4 rings (SSSR count). The van der Waals surface area contributed by atoms with Crippen molar-refractivity contribution in [2.24, 2.45) is 0 Å². The fraction of sp³-hybridized carbons (Fsp3) is 0.565. The fourth-order valence-corrected chi connectivity index (χ4v) is 5.24. The van der Waals surface area contributed by atoms with E-state index in [2.05, 4.69) is 36.0 Å². The maximum Gasteiger partial charge on any atom is 0.356 e. The normalized spacial score (nSPS) is 20.0. The Balaban J connectivity index is 1.45. The van der Waals surface area contributed by atoms with Gasteiger partial charge in [0.2, 0.25) is 5.91 Å². The summed E-state index contributed by atoms with van der Waals surface area (Å²) < 4.78 is 5.79. The van der Waals surface area contributed by atoms with E-state index in [0.717, 1.165) is 41.6 Å². The van der Waals surface area contributed by atoms with E-state index in [9.17, 15) is 9.59 Å². The first kappa shape index (κ1) is 22.3. The number of nitrogens with one attached hydrogen (secondary N) is 2. The molecule has 168 valence electrons. The summed E-state index contributed by atoms with van der Waals surface area (Å²) in [6.45, 7) is 5.72. The van der Waals surface area contributed by atoms with Gasteiger partial charge in [-0.3, -0.25) is 14.6 Å². The molecule has 0 spiro atoms. The van der Waals surface area contributed by atoms with Gasteiger partial charge in [-0.1, -0.05) is 35.2 Å². The lowest BCUT2D eigenvalue weighted by molar-refractivity contribution is -0.121.